The van der Waals surface area contributed by atoms with Crippen molar-refractivity contribution in [1.82, 2.24) is 5.32 Å². The normalized spacial score (nSPS) is 12.4. The van der Waals surface area contributed by atoms with Crippen LogP contribution in [-0.4, -0.2) is 6.54 Å². The number of rotatable bonds is 5. The van der Waals surface area contributed by atoms with Gasteiger partial charge in [-0.3, -0.25) is 0 Å². The fraction of sp³-hybridized carbons (Fsp3) is 0.250. The van der Waals surface area contributed by atoms with Crippen molar-refractivity contribution in [3.8, 4) is 0 Å². The summed E-state index contributed by atoms with van der Waals surface area (Å²) in [5.41, 5.74) is 1.80. The quantitative estimate of drug-likeness (QED) is 0.681. The van der Waals surface area contributed by atoms with Crippen LogP contribution in [0, 0.1) is 5.82 Å². The molecule has 112 valence electrons. The van der Waals surface area contributed by atoms with Crippen molar-refractivity contribution in [1.29, 1.82) is 0 Å². The average Bonchev–Trinajstić information content (AvgIpc) is 2.45. The Hall–Kier alpha value is -0.610. The van der Waals surface area contributed by atoms with Gasteiger partial charge in [-0.2, -0.15) is 0 Å². The van der Waals surface area contributed by atoms with E-state index in [0.717, 1.165) is 22.1 Å². The molecular formula is C16H15BrCl2FN. The first-order valence-corrected chi connectivity index (χ1v) is 8.18. The molecule has 2 aromatic rings. The summed E-state index contributed by atoms with van der Waals surface area (Å²) in [7, 11) is 0. The summed E-state index contributed by atoms with van der Waals surface area (Å²) in [5.74, 6) is -0.256. The highest BCUT2D eigenvalue weighted by molar-refractivity contribution is 9.10. The van der Waals surface area contributed by atoms with Gasteiger partial charge in [0.05, 0.1) is 0 Å². The Morgan fingerprint density at radius 1 is 1.19 bits per heavy atom. The Kier molecular flexibility index (Phi) is 6.06. The molecule has 2 rings (SSSR count). The second-order valence-electron chi connectivity index (χ2n) is 4.72. The Labute approximate surface area is 142 Å². The smallest absolute Gasteiger partial charge is 0.123 e. The fourth-order valence-electron chi connectivity index (χ4n) is 2.24. The third-order valence-electron chi connectivity index (χ3n) is 3.22. The van der Waals surface area contributed by atoms with Gasteiger partial charge in [0, 0.05) is 20.6 Å². The highest BCUT2D eigenvalue weighted by Crippen LogP contribution is 2.30. The van der Waals surface area contributed by atoms with Gasteiger partial charge < -0.3 is 5.32 Å². The van der Waals surface area contributed by atoms with E-state index in [1.165, 1.54) is 12.1 Å². The van der Waals surface area contributed by atoms with E-state index in [9.17, 15) is 4.39 Å². The predicted octanol–water partition coefficient (Wildman–Crippen LogP) is 5.79. The molecule has 5 heteroatoms. The lowest BCUT2D eigenvalue weighted by molar-refractivity contribution is 0.540. The summed E-state index contributed by atoms with van der Waals surface area (Å²) >= 11 is 15.7. The largest absolute Gasteiger partial charge is 0.310 e. The number of nitrogens with one attached hydrogen (secondary N) is 1. The molecule has 0 aliphatic heterocycles. The van der Waals surface area contributed by atoms with E-state index in [0.29, 0.717) is 16.5 Å². The van der Waals surface area contributed by atoms with Crippen molar-refractivity contribution in [2.24, 2.45) is 0 Å². The second kappa shape index (κ2) is 7.59. The molecule has 0 amide bonds. The molecule has 0 aromatic heterocycles. The van der Waals surface area contributed by atoms with Crippen LogP contribution in [0.1, 0.15) is 24.1 Å². The summed E-state index contributed by atoms with van der Waals surface area (Å²) in [4.78, 5) is 0. The summed E-state index contributed by atoms with van der Waals surface area (Å²) in [6, 6.07) is 10.0. The van der Waals surface area contributed by atoms with Gasteiger partial charge in [-0.1, -0.05) is 46.1 Å². The van der Waals surface area contributed by atoms with Crippen molar-refractivity contribution < 1.29 is 4.39 Å². The van der Waals surface area contributed by atoms with Crippen LogP contribution in [0.4, 0.5) is 4.39 Å². The van der Waals surface area contributed by atoms with Gasteiger partial charge in [0.25, 0.3) is 0 Å². The minimum Gasteiger partial charge on any atom is -0.310 e. The second-order valence-corrected chi connectivity index (χ2v) is 6.41. The highest BCUT2D eigenvalue weighted by atomic mass is 79.9. The molecule has 0 radical (unpaired) electrons. The minimum absolute atomic E-state index is 0.0453. The van der Waals surface area contributed by atoms with Gasteiger partial charge >= 0.3 is 0 Å². The Morgan fingerprint density at radius 3 is 2.67 bits per heavy atom. The molecule has 21 heavy (non-hydrogen) atoms. The van der Waals surface area contributed by atoms with Crippen molar-refractivity contribution in [2.45, 2.75) is 19.4 Å². The van der Waals surface area contributed by atoms with E-state index >= 15 is 0 Å². The van der Waals surface area contributed by atoms with E-state index in [4.69, 9.17) is 23.2 Å². The van der Waals surface area contributed by atoms with Crippen LogP contribution in [0.2, 0.25) is 10.0 Å². The van der Waals surface area contributed by atoms with Crippen LogP contribution in [0.15, 0.2) is 40.9 Å². The van der Waals surface area contributed by atoms with E-state index in [2.05, 4.69) is 21.2 Å². The summed E-state index contributed by atoms with van der Waals surface area (Å²) < 4.78 is 14.4. The van der Waals surface area contributed by atoms with Crippen LogP contribution >= 0.6 is 39.1 Å². The van der Waals surface area contributed by atoms with Gasteiger partial charge in [-0.05, 0) is 60.5 Å². The number of hydrogen-bond acceptors (Lipinski definition) is 1. The standard InChI is InChI=1S/C16H15BrCl2FN/c1-2-21-16(13-9-12(20)4-5-14(13)17)8-10-7-11(18)3-6-15(10)19/h3-7,9,16,21H,2,8H2,1H3. The monoisotopic (exact) mass is 389 g/mol. The van der Waals surface area contributed by atoms with E-state index < -0.39 is 0 Å². The lowest BCUT2D eigenvalue weighted by Gasteiger charge is -2.20. The summed E-state index contributed by atoms with van der Waals surface area (Å²) in [6.45, 7) is 2.78. The summed E-state index contributed by atoms with van der Waals surface area (Å²) in [5, 5.41) is 4.67. The zero-order chi connectivity index (χ0) is 15.4. The highest BCUT2D eigenvalue weighted by Gasteiger charge is 2.17. The van der Waals surface area contributed by atoms with Gasteiger partial charge in [-0.15, -0.1) is 0 Å². The van der Waals surface area contributed by atoms with Gasteiger partial charge in [0.1, 0.15) is 5.82 Å². The Balaban J connectivity index is 2.35. The van der Waals surface area contributed by atoms with E-state index in [-0.39, 0.29) is 11.9 Å². The number of benzene rings is 2. The Bertz CT molecular complexity index is 634. The molecule has 2 aromatic carbocycles. The number of hydrogen-bond donors (Lipinski definition) is 1. The van der Waals surface area contributed by atoms with Gasteiger partial charge in [0.2, 0.25) is 0 Å². The molecule has 0 heterocycles. The molecule has 0 fully saturated rings. The van der Waals surface area contributed by atoms with Crippen LogP contribution in [-0.2, 0) is 6.42 Å². The lowest BCUT2D eigenvalue weighted by Crippen LogP contribution is -2.23. The third-order valence-corrected chi connectivity index (χ3v) is 4.54. The molecule has 1 unspecified atom stereocenters. The maximum atomic E-state index is 13.5. The van der Waals surface area contributed by atoms with Gasteiger partial charge in [-0.25, -0.2) is 4.39 Å². The number of likely N-dealkylation sites (N-methyl/N-ethyl adjacent to an activating group) is 1. The molecule has 1 N–H and O–H groups in total. The minimum atomic E-state index is -0.256. The molecule has 0 bridgehead atoms. The van der Waals surface area contributed by atoms with Crippen LogP contribution < -0.4 is 5.32 Å². The van der Waals surface area contributed by atoms with E-state index in [1.54, 1.807) is 18.2 Å². The van der Waals surface area contributed by atoms with Crippen molar-refractivity contribution >= 4 is 39.1 Å². The maximum Gasteiger partial charge on any atom is 0.123 e. The fourth-order valence-corrected chi connectivity index (χ4v) is 3.15. The van der Waals surface area contributed by atoms with Crippen LogP contribution in [0.3, 0.4) is 0 Å². The predicted molar refractivity (Wildman–Crippen MR) is 90.7 cm³/mol. The zero-order valence-corrected chi connectivity index (χ0v) is 14.6. The molecule has 0 aliphatic rings. The molecule has 1 nitrogen and oxygen atoms in total. The average molecular weight is 391 g/mol. The molecule has 0 spiro atoms. The van der Waals surface area contributed by atoms with Crippen molar-refractivity contribution in [3.63, 3.8) is 0 Å². The first kappa shape index (κ1) is 16.8. The topological polar surface area (TPSA) is 12.0 Å². The van der Waals surface area contributed by atoms with Gasteiger partial charge in [0.15, 0.2) is 0 Å². The van der Waals surface area contributed by atoms with E-state index in [1.807, 2.05) is 13.0 Å². The number of halogens is 4. The SMILES string of the molecule is CCNC(Cc1cc(Cl)ccc1Cl)c1cc(F)ccc1Br. The van der Waals surface area contributed by atoms with Crippen LogP contribution in [0.5, 0.6) is 0 Å². The molecule has 0 saturated heterocycles. The molecular weight excluding hydrogens is 376 g/mol. The molecule has 1 atom stereocenters. The van der Waals surface area contributed by atoms with Crippen LogP contribution in [0.25, 0.3) is 0 Å². The molecule has 0 aliphatic carbocycles. The first-order chi connectivity index (χ1) is 10.0. The van der Waals surface area contributed by atoms with Crippen molar-refractivity contribution in [2.75, 3.05) is 6.54 Å². The molecule has 0 saturated carbocycles. The maximum absolute atomic E-state index is 13.5. The first-order valence-electron chi connectivity index (χ1n) is 6.63. The third kappa shape index (κ3) is 4.43. The zero-order valence-electron chi connectivity index (χ0n) is 11.5. The Morgan fingerprint density at radius 2 is 1.95 bits per heavy atom. The summed E-state index contributed by atoms with van der Waals surface area (Å²) in [6.07, 6.45) is 0.634. The lowest BCUT2D eigenvalue weighted by atomic mass is 9.98. The van der Waals surface area contributed by atoms with Crippen molar-refractivity contribution in [3.05, 3.63) is 67.9 Å².